The lowest BCUT2D eigenvalue weighted by Crippen LogP contribution is -2.24. The average molecular weight is 367 g/mol. The van der Waals surface area contributed by atoms with Gasteiger partial charge in [0, 0.05) is 11.1 Å². The van der Waals surface area contributed by atoms with Crippen LogP contribution in [0.5, 0.6) is 0 Å². The highest BCUT2D eigenvalue weighted by Gasteiger charge is 2.26. The van der Waals surface area contributed by atoms with Crippen LogP contribution in [0, 0.1) is 11.8 Å². The molecule has 0 saturated carbocycles. The molecule has 1 rings (SSSR count). The molecule has 4 nitrogen and oxygen atoms in total. The second kappa shape index (κ2) is 12.1. The first-order chi connectivity index (χ1) is 12.3. The highest BCUT2D eigenvalue weighted by atomic mass is 16.5. The molecule has 0 radical (unpaired) electrons. The largest absolute Gasteiger partial charge is 0.478 e. The van der Waals surface area contributed by atoms with Crippen molar-refractivity contribution in [1.29, 1.82) is 0 Å². The van der Waals surface area contributed by atoms with Crippen molar-refractivity contribution in [2.75, 3.05) is 0 Å². The quantitative estimate of drug-likeness (QED) is 0.345. The predicted molar refractivity (Wildman–Crippen MR) is 105 cm³/mol. The van der Waals surface area contributed by atoms with Crippen LogP contribution in [0.4, 0.5) is 0 Å². The number of carboxylic acid groups (broad SMARTS) is 1. The number of esters is 1. The number of aliphatic carboxylic acids is 1. The number of carbonyl (C=O) groups excluding carboxylic acids is 1. The van der Waals surface area contributed by atoms with E-state index in [0.29, 0.717) is 24.3 Å². The molecule has 0 aliphatic heterocycles. The first-order valence-corrected chi connectivity index (χ1v) is 10.5. The summed E-state index contributed by atoms with van der Waals surface area (Å²) in [7, 11) is 0. The van der Waals surface area contributed by atoms with Crippen molar-refractivity contribution in [2.45, 2.75) is 104 Å². The van der Waals surface area contributed by atoms with E-state index in [0.717, 1.165) is 38.0 Å². The van der Waals surface area contributed by atoms with Gasteiger partial charge in [-0.05, 0) is 56.8 Å². The van der Waals surface area contributed by atoms with Crippen LogP contribution in [-0.4, -0.2) is 23.1 Å². The molecule has 0 aromatic rings. The third kappa shape index (κ3) is 8.86. The lowest BCUT2D eigenvalue weighted by Gasteiger charge is -2.23. The number of unbranched alkanes of at least 4 members (excludes halogenated alkanes) is 3. The molecule has 26 heavy (non-hydrogen) atoms. The van der Waals surface area contributed by atoms with Gasteiger partial charge in [-0.1, -0.05) is 53.4 Å². The SMILES string of the molecule is CC(C)CCCCCCC(CC(C)C)OC(=O)C1=C(C(=O)O)CCCC1. The zero-order chi connectivity index (χ0) is 19.5. The van der Waals surface area contributed by atoms with Gasteiger partial charge in [0.15, 0.2) is 0 Å². The van der Waals surface area contributed by atoms with Gasteiger partial charge >= 0.3 is 11.9 Å². The van der Waals surface area contributed by atoms with Gasteiger partial charge in [-0.15, -0.1) is 0 Å². The highest BCUT2D eigenvalue weighted by Crippen LogP contribution is 2.27. The van der Waals surface area contributed by atoms with E-state index in [4.69, 9.17) is 4.74 Å². The van der Waals surface area contributed by atoms with Gasteiger partial charge in [0.1, 0.15) is 6.10 Å². The van der Waals surface area contributed by atoms with Crippen LogP contribution in [0.1, 0.15) is 98.3 Å². The van der Waals surface area contributed by atoms with E-state index in [9.17, 15) is 14.7 Å². The molecule has 0 bridgehead atoms. The molecule has 0 fully saturated rings. The first-order valence-electron chi connectivity index (χ1n) is 10.5. The number of carbonyl (C=O) groups is 2. The molecule has 0 heterocycles. The van der Waals surface area contributed by atoms with Gasteiger partial charge in [-0.3, -0.25) is 0 Å². The first kappa shape index (κ1) is 22.7. The Kier molecular flexibility index (Phi) is 10.6. The smallest absolute Gasteiger partial charge is 0.334 e. The van der Waals surface area contributed by atoms with Crippen LogP contribution < -0.4 is 0 Å². The number of carboxylic acids is 1. The van der Waals surface area contributed by atoms with Gasteiger partial charge in [-0.25, -0.2) is 9.59 Å². The fraction of sp³-hybridized carbons (Fsp3) is 0.818. The maximum Gasteiger partial charge on any atom is 0.334 e. The van der Waals surface area contributed by atoms with E-state index in [1.807, 2.05) is 0 Å². The van der Waals surface area contributed by atoms with E-state index in [-0.39, 0.29) is 11.7 Å². The Labute approximate surface area is 159 Å². The molecule has 1 atom stereocenters. The molecule has 0 aromatic carbocycles. The number of ether oxygens (including phenoxy) is 1. The Bertz CT molecular complexity index is 477. The summed E-state index contributed by atoms with van der Waals surface area (Å²) in [4.78, 5) is 24.0. The average Bonchev–Trinajstić information content (AvgIpc) is 2.56. The lowest BCUT2D eigenvalue weighted by molar-refractivity contribution is -0.146. The number of hydrogen-bond acceptors (Lipinski definition) is 3. The fourth-order valence-corrected chi connectivity index (χ4v) is 3.62. The van der Waals surface area contributed by atoms with Gasteiger partial charge in [0.05, 0.1) is 0 Å². The standard InChI is InChI=1S/C22H38O4/c1-16(2)11-7-5-6-8-12-18(15-17(3)4)26-22(25)20-14-10-9-13-19(20)21(23)24/h16-18H,5-15H2,1-4H3,(H,23,24). The summed E-state index contributed by atoms with van der Waals surface area (Å²) in [6.45, 7) is 8.77. The minimum atomic E-state index is -0.970. The summed E-state index contributed by atoms with van der Waals surface area (Å²) >= 11 is 0. The number of rotatable bonds is 12. The van der Waals surface area contributed by atoms with Crippen molar-refractivity contribution in [2.24, 2.45) is 11.8 Å². The Morgan fingerprint density at radius 1 is 0.885 bits per heavy atom. The molecule has 0 spiro atoms. The summed E-state index contributed by atoms with van der Waals surface area (Å²) in [6.07, 6.45) is 10.3. The molecule has 1 N–H and O–H groups in total. The van der Waals surface area contributed by atoms with Crippen LogP contribution in [-0.2, 0) is 14.3 Å². The van der Waals surface area contributed by atoms with Crippen molar-refractivity contribution in [3.05, 3.63) is 11.1 Å². The van der Waals surface area contributed by atoms with Gasteiger partial charge in [-0.2, -0.15) is 0 Å². The Balaban J connectivity index is 2.55. The van der Waals surface area contributed by atoms with Crippen LogP contribution in [0.2, 0.25) is 0 Å². The fourth-order valence-electron chi connectivity index (χ4n) is 3.62. The summed E-state index contributed by atoms with van der Waals surface area (Å²) in [6, 6.07) is 0. The lowest BCUT2D eigenvalue weighted by atomic mass is 9.91. The Hall–Kier alpha value is -1.32. The van der Waals surface area contributed by atoms with Crippen molar-refractivity contribution in [3.8, 4) is 0 Å². The third-order valence-corrected chi connectivity index (χ3v) is 5.04. The van der Waals surface area contributed by atoms with Crippen LogP contribution in [0.25, 0.3) is 0 Å². The molecule has 0 saturated heterocycles. The van der Waals surface area contributed by atoms with Crippen molar-refractivity contribution in [1.82, 2.24) is 0 Å². The molecule has 4 heteroatoms. The molecule has 150 valence electrons. The second-order valence-electron chi connectivity index (χ2n) is 8.51. The van der Waals surface area contributed by atoms with Crippen molar-refractivity contribution >= 4 is 11.9 Å². The normalized spacial score (nSPS) is 16.2. The molecular formula is C22H38O4. The topological polar surface area (TPSA) is 63.6 Å². The molecule has 0 amide bonds. The second-order valence-corrected chi connectivity index (χ2v) is 8.51. The van der Waals surface area contributed by atoms with Crippen LogP contribution in [0.3, 0.4) is 0 Å². The van der Waals surface area contributed by atoms with E-state index in [2.05, 4.69) is 27.7 Å². The zero-order valence-electron chi connectivity index (χ0n) is 17.2. The van der Waals surface area contributed by atoms with Gasteiger partial charge in [0.25, 0.3) is 0 Å². The molecular weight excluding hydrogens is 328 g/mol. The molecule has 0 aromatic heterocycles. The minimum absolute atomic E-state index is 0.0999. The summed E-state index contributed by atoms with van der Waals surface area (Å²) in [5.41, 5.74) is 0.660. The van der Waals surface area contributed by atoms with Crippen LogP contribution in [0.15, 0.2) is 11.1 Å². The maximum atomic E-state index is 12.6. The molecule has 1 aliphatic rings. The zero-order valence-corrected chi connectivity index (χ0v) is 17.2. The Morgan fingerprint density at radius 3 is 2.00 bits per heavy atom. The van der Waals surface area contributed by atoms with E-state index < -0.39 is 11.9 Å². The molecule has 1 unspecified atom stereocenters. The van der Waals surface area contributed by atoms with Gasteiger partial charge < -0.3 is 9.84 Å². The monoisotopic (exact) mass is 366 g/mol. The van der Waals surface area contributed by atoms with Crippen LogP contribution >= 0.6 is 0 Å². The van der Waals surface area contributed by atoms with E-state index >= 15 is 0 Å². The Morgan fingerprint density at radius 2 is 1.46 bits per heavy atom. The summed E-state index contributed by atoms with van der Waals surface area (Å²) in [5, 5.41) is 9.33. The summed E-state index contributed by atoms with van der Waals surface area (Å²) in [5.74, 6) is -0.153. The van der Waals surface area contributed by atoms with E-state index in [1.165, 1.54) is 25.7 Å². The predicted octanol–water partition coefficient (Wildman–Crippen LogP) is 5.90. The maximum absolute atomic E-state index is 12.6. The summed E-state index contributed by atoms with van der Waals surface area (Å²) < 4.78 is 5.77. The van der Waals surface area contributed by atoms with Gasteiger partial charge in [0.2, 0.25) is 0 Å². The van der Waals surface area contributed by atoms with Crippen molar-refractivity contribution < 1.29 is 19.4 Å². The molecule has 1 aliphatic carbocycles. The highest BCUT2D eigenvalue weighted by molar-refractivity contribution is 5.99. The van der Waals surface area contributed by atoms with E-state index in [1.54, 1.807) is 0 Å². The number of hydrogen-bond donors (Lipinski definition) is 1. The van der Waals surface area contributed by atoms with Crippen molar-refractivity contribution in [3.63, 3.8) is 0 Å². The minimum Gasteiger partial charge on any atom is -0.478 e. The third-order valence-electron chi connectivity index (χ3n) is 5.04.